The van der Waals surface area contributed by atoms with Crippen molar-refractivity contribution in [2.75, 3.05) is 60.1 Å². The van der Waals surface area contributed by atoms with E-state index in [-0.39, 0.29) is 23.3 Å². The summed E-state index contributed by atoms with van der Waals surface area (Å²) in [6.45, 7) is 3.00. The quantitative estimate of drug-likeness (QED) is 0.436. The second-order valence-electron chi connectivity index (χ2n) is 10.7. The normalized spacial score (nSPS) is 22.1. The zero-order valence-corrected chi connectivity index (χ0v) is 24.0. The number of hydrogen-bond donors (Lipinski definition) is 0. The molecule has 0 spiro atoms. The molecule has 1 aromatic carbocycles. The number of hydrogen-bond acceptors (Lipinski definition) is 7. The SMILES string of the molecule is CN1CCCS(=O)(=O)N(C)c2ccc(Cl)cc2C(=O)N2CCCC[C@H]2c2cc3nc(N4CCCC4)cc1n3n2. The molecule has 2 saturated heterocycles. The number of sulfonamides is 1. The van der Waals surface area contributed by atoms with Crippen molar-refractivity contribution in [3.63, 3.8) is 0 Å². The highest BCUT2D eigenvalue weighted by atomic mass is 35.5. The lowest BCUT2D eigenvalue weighted by Gasteiger charge is -2.35. The zero-order valence-electron chi connectivity index (χ0n) is 22.4. The van der Waals surface area contributed by atoms with E-state index in [0.717, 1.165) is 68.2 Å². The predicted octanol–water partition coefficient (Wildman–Crippen LogP) is 3.96. The van der Waals surface area contributed by atoms with Gasteiger partial charge in [-0.1, -0.05) is 11.6 Å². The van der Waals surface area contributed by atoms with Gasteiger partial charge in [0.15, 0.2) is 5.65 Å². The van der Waals surface area contributed by atoms with Crippen LogP contribution in [0.25, 0.3) is 5.65 Å². The van der Waals surface area contributed by atoms with Gasteiger partial charge in [-0.05, 0) is 56.7 Å². The Morgan fingerprint density at radius 2 is 1.72 bits per heavy atom. The maximum absolute atomic E-state index is 14.1. The van der Waals surface area contributed by atoms with Crippen molar-refractivity contribution >= 4 is 50.5 Å². The second kappa shape index (κ2) is 10.2. The molecule has 3 aliphatic heterocycles. The third kappa shape index (κ3) is 4.80. The van der Waals surface area contributed by atoms with Crippen LogP contribution in [0.5, 0.6) is 0 Å². The number of carbonyl (C=O) groups is 1. The Kier molecular flexibility index (Phi) is 6.83. The highest BCUT2D eigenvalue weighted by Gasteiger charge is 2.34. The van der Waals surface area contributed by atoms with E-state index in [1.54, 1.807) is 18.2 Å². The summed E-state index contributed by atoms with van der Waals surface area (Å²) in [7, 11) is -0.211. The summed E-state index contributed by atoms with van der Waals surface area (Å²) in [6, 6.07) is 8.64. The summed E-state index contributed by atoms with van der Waals surface area (Å²) in [4.78, 5) is 25.2. The molecule has 0 N–H and O–H groups in total. The molecule has 1 amide bonds. The molecule has 12 heteroatoms. The summed E-state index contributed by atoms with van der Waals surface area (Å²) in [5, 5.41) is 5.39. The Morgan fingerprint density at radius 3 is 2.51 bits per heavy atom. The van der Waals surface area contributed by atoms with E-state index in [9.17, 15) is 13.2 Å². The summed E-state index contributed by atoms with van der Waals surface area (Å²) in [5.41, 5.74) is 2.15. The van der Waals surface area contributed by atoms with Gasteiger partial charge >= 0.3 is 0 Å². The van der Waals surface area contributed by atoms with Crippen LogP contribution in [0.4, 0.5) is 17.3 Å². The van der Waals surface area contributed by atoms with Gasteiger partial charge in [0.05, 0.1) is 28.7 Å². The van der Waals surface area contributed by atoms with Crippen LogP contribution in [0, 0.1) is 0 Å². The molecule has 2 aromatic heterocycles. The van der Waals surface area contributed by atoms with Gasteiger partial charge < -0.3 is 14.7 Å². The maximum Gasteiger partial charge on any atom is 0.256 e. The molecule has 3 aromatic rings. The number of amides is 1. The van der Waals surface area contributed by atoms with E-state index in [1.165, 1.54) is 11.4 Å². The highest BCUT2D eigenvalue weighted by molar-refractivity contribution is 7.92. The molecule has 3 aliphatic rings. The van der Waals surface area contributed by atoms with Crippen LogP contribution >= 0.6 is 11.6 Å². The second-order valence-corrected chi connectivity index (χ2v) is 13.3. The Morgan fingerprint density at radius 1 is 0.949 bits per heavy atom. The van der Waals surface area contributed by atoms with Crippen LogP contribution < -0.4 is 14.1 Å². The molecule has 0 saturated carbocycles. The smallest absolute Gasteiger partial charge is 0.256 e. The molecule has 39 heavy (non-hydrogen) atoms. The zero-order chi connectivity index (χ0) is 27.3. The summed E-state index contributed by atoms with van der Waals surface area (Å²) >= 11 is 6.33. The molecule has 0 unspecified atom stereocenters. The number of rotatable bonds is 1. The average molecular weight is 572 g/mol. The van der Waals surface area contributed by atoms with Gasteiger partial charge in [0.2, 0.25) is 10.0 Å². The lowest BCUT2D eigenvalue weighted by Crippen LogP contribution is -2.40. The largest absolute Gasteiger partial charge is 0.359 e. The van der Waals surface area contributed by atoms with E-state index in [0.29, 0.717) is 30.2 Å². The minimum Gasteiger partial charge on any atom is -0.359 e. The van der Waals surface area contributed by atoms with Crippen LogP contribution in [0.15, 0.2) is 30.3 Å². The lowest BCUT2D eigenvalue weighted by atomic mass is 9.98. The maximum atomic E-state index is 14.1. The van der Waals surface area contributed by atoms with Crippen molar-refractivity contribution in [1.82, 2.24) is 19.5 Å². The fraction of sp³-hybridized carbons (Fsp3) is 0.519. The average Bonchev–Trinajstić information content (AvgIpc) is 3.61. The van der Waals surface area contributed by atoms with Crippen LogP contribution in [-0.4, -0.2) is 79.9 Å². The van der Waals surface area contributed by atoms with Crippen molar-refractivity contribution < 1.29 is 13.2 Å². The molecular formula is C27H34ClN7O3S. The standard InChI is InChI=1S/C27H34ClN7O3S/c1-31-11-7-15-39(37,38)32(2)22-10-9-19(28)16-20(22)27(36)34-14-4-3-8-23(34)21-17-25-29-24(33-12-5-6-13-33)18-26(31)35(25)30-21/h9-10,16-18,23H,3-8,11-15H2,1-2H3/t23-/m0/s1. The fourth-order valence-corrected chi connectivity index (χ4v) is 7.38. The minimum atomic E-state index is -3.69. The number of nitrogens with zero attached hydrogens (tertiary/aromatic N) is 7. The molecule has 5 heterocycles. The van der Waals surface area contributed by atoms with Gasteiger partial charge in [-0.3, -0.25) is 9.10 Å². The number of benzene rings is 1. The first-order valence-electron chi connectivity index (χ1n) is 13.7. The highest BCUT2D eigenvalue weighted by Crippen LogP contribution is 2.36. The van der Waals surface area contributed by atoms with Crippen LogP contribution in [0.1, 0.15) is 60.6 Å². The molecule has 0 radical (unpaired) electrons. The van der Waals surface area contributed by atoms with E-state index in [1.807, 2.05) is 22.5 Å². The van der Waals surface area contributed by atoms with Crippen molar-refractivity contribution in [2.24, 2.45) is 0 Å². The van der Waals surface area contributed by atoms with Crippen LogP contribution in [0.2, 0.25) is 5.02 Å². The molecule has 10 nitrogen and oxygen atoms in total. The predicted molar refractivity (Wildman–Crippen MR) is 154 cm³/mol. The number of fused-ring (bicyclic) bond motifs is 4. The Labute approximate surface area is 234 Å². The topological polar surface area (TPSA) is 94.4 Å². The molecule has 0 aliphatic carbocycles. The Balaban J connectivity index is 1.52. The van der Waals surface area contributed by atoms with Crippen molar-refractivity contribution in [3.8, 4) is 0 Å². The first kappa shape index (κ1) is 26.2. The van der Waals surface area contributed by atoms with Gasteiger partial charge in [0.25, 0.3) is 5.91 Å². The molecule has 2 bridgehead atoms. The fourth-order valence-electron chi connectivity index (χ4n) is 5.98. The Hall–Kier alpha value is -3.05. The molecule has 1 atom stereocenters. The van der Waals surface area contributed by atoms with Crippen molar-refractivity contribution in [1.29, 1.82) is 0 Å². The number of aromatic nitrogens is 3. The van der Waals surface area contributed by atoms with Gasteiger partial charge in [-0.15, -0.1) is 0 Å². The third-order valence-electron chi connectivity index (χ3n) is 8.18. The summed E-state index contributed by atoms with van der Waals surface area (Å²) in [5.74, 6) is 1.46. The van der Waals surface area contributed by atoms with Gasteiger partial charge in [0, 0.05) is 57.4 Å². The van der Waals surface area contributed by atoms with E-state index in [4.69, 9.17) is 21.7 Å². The molecule has 208 valence electrons. The van der Waals surface area contributed by atoms with Crippen LogP contribution in [0.3, 0.4) is 0 Å². The van der Waals surface area contributed by atoms with Gasteiger partial charge in [-0.2, -0.15) is 9.61 Å². The third-order valence-corrected chi connectivity index (χ3v) is 10.3. The summed E-state index contributed by atoms with van der Waals surface area (Å²) < 4.78 is 29.9. The molecule has 6 rings (SSSR count). The van der Waals surface area contributed by atoms with Crippen molar-refractivity contribution in [2.45, 2.75) is 44.6 Å². The first-order valence-corrected chi connectivity index (χ1v) is 15.7. The number of anilines is 3. The first-order chi connectivity index (χ1) is 18.7. The van der Waals surface area contributed by atoms with Gasteiger partial charge in [-0.25, -0.2) is 13.4 Å². The number of piperidine rings is 1. The van der Waals surface area contributed by atoms with Gasteiger partial charge in [0.1, 0.15) is 11.6 Å². The molecular weight excluding hydrogens is 538 g/mol. The van der Waals surface area contributed by atoms with Crippen LogP contribution in [-0.2, 0) is 10.0 Å². The number of carbonyl (C=O) groups excluding carboxylic acids is 1. The number of halogens is 1. The minimum absolute atomic E-state index is 0.0615. The van der Waals surface area contributed by atoms with E-state index >= 15 is 0 Å². The monoisotopic (exact) mass is 571 g/mol. The van der Waals surface area contributed by atoms with E-state index < -0.39 is 10.0 Å². The summed E-state index contributed by atoms with van der Waals surface area (Å²) in [6.07, 6.45) is 5.29. The van der Waals surface area contributed by atoms with E-state index in [2.05, 4.69) is 15.9 Å². The van der Waals surface area contributed by atoms with Crippen molar-refractivity contribution in [3.05, 3.63) is 46.6 Å². The Bertz CT molecular complexity index is 1520. The lowest BCUT2D eigenvalue weighted by molar-refractivity contribution is 0.0606. The molecule has 2 fully saturated rings.